The van der Waals surface area contributed by atoms with E-state index >= 15 is 0 Å². The number of pyridine rings is 1. The minimum Gasteiger partial charge on any atom is -0.354 e. The Labute approximate surface area is 149 Å². The molecular weight excluding hydrogens is 314 g/mol. The number of aromatic nitrogens is 1. The number of amides is 2. The molecular formula is C20H27N3O2. The molecule has 2 N–H and O–H groups in total. The molecule has 0 aliphatic heterocycles. The highest BCUT2D eigenvalue weighted by molar-refractivity contribution is 5.92. The monoisotopic (exact) mass is 341 g/mol. The highest BCUT2D eigenvalue weighted by Gasteiger charge is 2.51. The Bertz CT molecular complexity index is 608. The molecule has 134 valence electrons. The van der Waals surface area contributed by atoms with Crippen LogP contribution in [0.5, 0.6) is 0 Å². The van der Waals surface area contributed by atoms with Gasteiger partial charge in [0.25, 0.3) is 5.91 Å². The lowest BCUT2D eigenvalue weighted by molar-refractivity contribution is -0.129. The van der Waals surface area contributed by atoms with E-state index in [1.807, 2.05) is 0 Å². The fourth-order valence-electron chi connectivity index (χ4n) is 5.88. The number of carbonyl (C=O) groups excluding carboxylic acids is 2. The van der Waals surface area contributed by atoms with Crippen molar-refractivity contribution in [2.45, 2.75) is 44.9 Å². The van der Waals surface area contributed by atoms with Gasteiger partial charge in [-0.15, -0.1) is 0 Å². The third-order valence-corrected chi connectivity index (χ3v) is 6.33. The Morgan fingerprint density at radius 2 is 1.64 bits per heavy atom. The molecule has 4 aliphatic carbocycles. The van der Waals surface area contributed by atoms with Crippen LogP contribution in [0.2, 0.25) is 0 Å². The first-order valence-corrected chi connectivity index (χ1v) is 9.58. The van der Waals surface area contributed by atoms with Gasteiger partial charge >= 0.3 is 0 Å². The van der Waals surface area contributed by atoms with Gasteiger partial charge in [0, 0.05) is 25.7 Å². The summed E-state index contributed by atoms with van der Waals surface area (Å²) in [5.74, 6) is 2.56. The van der Waals surface area contributed by atoms with E-state index in [2.05, 4.69) is 15.6 Å². The molecule has 4 bridgehead atoms. The van der Waals surface area contributed by atoms with Crippen molar-refractivity contribution in [1.29, 1.82) is 0 Å². The Balaban J connectivity index is 1.20. The van der Waals surface area contributed by atoms with Gasteiger partial charge in [-0.3, -0.25) is 14.6 Å². The molecule has 1 aromatic rings. The van der Waals surface area contributed by atoms with E-state index in [0.29, 0.717) is 25.2 Å². The summed E-state index contributed by atoms with van der Waals surface area (Å²) in [5, 5.41) is 5.79. The summed E-state index contributed by atoms with van der Waals surface area (Å²) in [5.41, 5.74) is 0.679. The summed E-state index contributed by atoms with van der Waals surface area (Å²) in [4.78, 5) is 28.3. The van der Waals surface area contributed by atoms with Gasteiger partial charge in [0.2, 0.25) is 5.91 Å². The van der Waals surface area contributed by atoms with Crippen LogP contribution in [0.1, 0.15) is 55.4 Å². The average molecular weight is 341 g/mol. The van der Waals surface area contributed by atoms with Crippen LogP contribution < -0.4 is 10.6 Å². The molecule has 0 aromatic carbocycles. The fraction of sp³-hybridized carbons (Fsp3) is 0.650. The van der Waals surface area contributed by atoms with Crippen LogP contribution in [0.25, 0.3) is 0 Å². The van der Waals surface area contributed by atoms with E-state index in [1.165, 1.54) is 38.5 Å². The molecule has 5 rings (SSSR count). The Hall–Kier alpha value is -1.91. The molecule has 1 heterocycles. The minimum absolute atomic E-state index is 0.147. The van der Waals surface area contributed by atoms with Crippen molar-refractivity contribution in [3.8, 4) is 0 Å². The molecule has 5 nitrogen and oxygen atoms in total. The van der Waals surface area contributed by atoms with Crippen LogP contribution in [-0.2, 0) is 4.79 Å². The lowest BCUT2D eigenvalue weighted by Crippen LogP contribution is -2.48. The van der Waals surface area contributed by atoms with Crippen molar-refractivity contribution in [2.75, 3.05) is 13.1 Å². The molecule has 25 heavy (non-hydrogen) atoms. The molecule has 0 radical (unpaired) electrons. The van der Waals surface area contributed by atoms with Gasteiger partial charge in [-0.25, -0.2) is 0 Å². The SMILES string of the molecule is O=C(CC12CC3CC(CC(C3)C1)C2)NCCNC(=O)c1ccccn1. The van der Waals surface area contributed by atoms with E-state index in [-0.39, 0.29) is 17.2 Å². The van der Waals surface area contributed by atoms with Crippen molar-refractivity contribution in [2.24, 2.45) is 23.2 Å². The van der Waals surface area contributed by atoms with Crippen molar-refractivity contribution < 1.29 is 9.59 Å². The predicted molar refractivity (Wildman–Crippen MR) is 94.8 cm³/mol. The molecule has 1 aromatic heterocycles. The lowest BCUT2D eigenvalue weighted by atomic mass is 9.49. The molecule has 2 amide bonds. The molecule has 5 heteroatoms. The summed E-state index contributed by atoms with van der Waals surface area (Å²) in [6.45, 7) is 0.909. The molecule has 4 fully saturated rings. The second-order valence-electron chi connectivity index (χ2n) is 8.42. The quantitative estimate of drug-likeness (QED) is 0.781. The van der Waals surface area contributed by atoms with Crippen molar-refractivity contribution >= 4 is 11.8 Å². The molecule has 4 saturated carbocycles. The first kappa shape index (κ1) is 16.6. The first-order chi connectivity index (χ1) is 12.1. The maximum Gasteiger partial charge on any atom is 0.269 e. The summed E-state index contributed by atoms with van der Waals surface area (Å²) in [6, 6.07) is 5.25. The third kappa shape index (κ3) is 3.70. The van der Waals surface area contributed by atoms with Gasteiger partial charge in [-0.1, -0.05) is 6.07 Å². The van der Waals surface area contributed by atoms with Crippen LogP contribution in [0.15, 0.2) is 24.4 Å². The second kappa shape index (κ2) is 6.77. The zero-order chi connectivity index (χ0) is 17.3. The highest BCUT2D eigenvalue weighted by atomic mass is 16.2. The maximum atomic E-state index is 12.4. The van der Waals surface area contributed by atoms with Crippen LogP contribution in [0.4, 0.5) is 0 Å². The zero-order valence-electron chi connectivity index (χ0n) is 14.7. The Morgan fingerprint density at radius 3 is 2.24 bits per heavy atom. The molecule has 0 atom stereocenters. The van der Waals surface area contributed by atoms with Gasteiger partial charge in [0.15, 0.2) is 0 Å². The maximum absolute atomic E-state index is 12.4. The number of rotatable bonds is 6. The van der Waals surface area contributed by atoms with Gasteiger partial charge in [0.1, 0.15) is 5.69 Å². The predicted octanol–water partition coefficient (Wildman–Crippen LogP) is 2.53. The Morgan fingerprint density at radius 1 is 1.00 bits per heavy atom. The number of hydrogen-bond acceptors (Lipinski definition) is 3. The van der Waals surface area contributed by atoms with E-state index in [0.717, 1.165) is 17.8 Å². The van der Waals surface area contributed by atoms with Crippen LogP contribution >= 0.6 is 0 Å². The minimum atomic E-state index is -0.198. The second-order valence-corrected chi connectivity index (χ2v) is 8.42. The molecule has 4 aliphatic rings. The van der Waals surface area contributed by atoms with Gasteiger partial charge in [-0.2, -0.15) is 0 Å². The third-order valence-electron chi connectivity index (χ3n) is 6.33. The standard InChI is InChI=1S/C20H27N3O2/c24-18(22-5-6-23-19(25)17-3-1-2-4-21-17)13-20-10-14-7-15(11-20)9-16(8-14)12-20/h1-4,14-16H,5-13H2,(H,22,24)(H,23,25). The van der Waals surface area contributed by atoms with Crippen molar-refractivity contribution in [3.05, 3.63) is 30.1 Å². The van der Waals surface area contributed by atoms with E-state index in [9.17, 15) is 9.59 Å². The molecule has 0 saturated heterocycles. The van der Waals surface area contributed by atoms with E-state index < -0.39 is 0 Å². The first-order valence-electron chi connectivity index (χ1n) is 9.58. The highest BCUT2D eigenvalue weighted by Crippen LogP contribution is 2.61. The molecule has 0 unspecified atom stereocenters. The topological polar surface area (TPSA) is 71.1 Å². The van der Waals surface area contributed by atoms with Gasteiger partial charge in [-0.05, 0) is 73.8 Å². The number of nitrogens with one attached hydrogen (secondary N) is 2. The smallest absolute Gasteiger partial charge is 0.269 e. The van der Waals surface area contributed by atoms with Crippen LogP contribution in [0.3, 0.4) is 0 Å². The number of carbonyl (C=O) groups is 2. The fourth-order valence-corrected chi connectivity index (χ4v) is 5.88. The summed E-state index contributed by atoms with van der Waals surface area (Å²) < 4.78 is 0. The zero-order valence-corrected chi connectivity index (χ0v) is 14.7. The van der Waals surface area contributed by atoms with Gasteiger partial charge in [0.05, 0.1) is 0 Å². The summed E-state index contributed by atoms with van der Waals surface area (Å²) in [6.07, 6.45) is 10.2. The van der Waals surface area contributed by atoms with Crippen molar-refractivity contribution in [1.82, 2.24) is 15.6 Å². The normalized spacial score (nSPS) is 32.4. The van der Waals surface area contributed by atoms with Crippen molar-refractivity contribution in [3.63, 3.8) is 0 Å². The Kier molecular flexibility index (Phi) is 4.48. The van der Waals surface area contributed by atoms with E-state index in [1.54, 1.807) is 24.4 Å². The summed E-state index contributed by atoms with van der Waals surface area (Å²) in [7, 11) is 0. The molecule has 0 spiro atoms. The number of nitrogens with zero attached hydrogens (tertiary/aromatic N) is 1. The van der Waals surface area contributed by atoms with Crippen LogP contribution in [0, 0.1) is 23.2 Å². The lowest BCUT2D eigenvalue weighted by Gasteiger charge is -2.56. The van der Waals surface area contributed by atoms with E-state index in [4.69, 9.17) is 0 Å². The number of hydrogen-bond donors (Lipinski definition) is 2. The van der Waals surface area contributed by atoms with Gasteiger partial charge < -0.3 is 10.6 Å². The average Bonchev–Trinajstić information content (AvgIpc) is 2.57. The summed E-state index contributed by atoms with van der Waals surface area (Å²) >= 11 is 0. The largest absolute Gasteiger partial charge is 0.354 e. The van der Waals surface area contributed by atoms with Crippen LogP contribution in [-0.4, -0.2) is 29.9 Å².